The summed E-state index contributed by atoms with van der Waals surface area (Å²) in [5.74, 6) is -1.62. The Bertz CT molecular complexity index is 314. The maximum Gasteiger partial charge on any atom is 0.251 e. The maximum atomic E-state index is 12.5. The van der Waals surface area contributed by atoms with E-state index < -0.39 is 5.92 Å². The first-order valence-corrected chi connectivity index (χ1v) is 4.71. The summed E-state index contributed by atoms with van der Waals surface area (Å²) in [7, 11) is 0. The highest BCUT2D eigenvalue weighted by Crippen LogP contribution is 2.37. The van der Waals surface area contributed by atoms with Gasteiger partial charge in [-0.15, -0.1) is 0 Å². The van der Waals surface area contributed by atoms with E-state index in [9.17, 15) is 8.78 Å². The standard InChI is InChI=1S/C10H13F2NO/c1-7-2-3-14-9(7)6-13-8-4-10(11,12)5-8/h2-3,8,13H,4-6H2,1H3. The van der Waals surface area contributed by atoms with Crippen molar-refractivity contribution in [3.63, 3.8) is 0 Å². The zero-order valence-corrected chi connectivity index (χ0v) is 8.02. The molecule has 1 heterocycles. The molecule has 1 aromatic rings. The van der Waals surface area contributed by atoms with Crippen LogP contribution in [0.2, 0.25) is 0 Å². The van der Waals surface area contributed by atoms with Crippen LogP contribution in [0.4, 0.5) is 8.78 Å². The minimum Gasteiger partial charge on any atom is -0.468 e. The molecule has 0 atom stereocenters. The van der Waals surface area contributed by atoms with Gasteiger partial charge in [-0.2, -0.15) is 0 Å². The minimum atomic E-state index is -2.45. The number of furan rings is 1. The number of hydrogen-bond donors (Lipinski definition) is 1. The van der Waals surface area contributed by atoms with Crippen molar-refractivity contribution in [2.24, 2.45) is 0 Å². The Labute approximate surface area is 81.3 Å². The smallest absolute Gasteiger partial charge is 0.251 e. The lowest BCUT2D eigenvalue weighted by Crippen LogP contribution is -2.48. The minimum absolute atomic E-state index is 0.0489. The van der Waals surface area contributed by atoms with Gasteiger partial charge in [0.25, 0.3) is 5.92 Å². The van der Waals surface area contributed by atoms with Crippen LogP contribution < -0.4 is 5.32 Å². The molecule has 1 aliphatic rings. The SMILES string of the molecule is Cc1ccoc1CNC1CC(F)(F)C1. The molecule has 2 nitrogen and oxygen atoms in total. The molecule has 1 fully saturated rings. The fourth-order valence-corrected chi connectivity index (χ4v) is 1.63. The van der Waals surface area contributed by atoms with Crippen molar-refractivity contribution in [2.45, 2.75) is 38.3 Å². The number of alkyl halides is 2. The van der Waals surface area contributed by atoms with Crippen molar-refractivity contribution in [1.29, 1.82) is 0 Å². The number of halogens is 2. The van der Waals surface area contributed by atoms with E-state index in [2.05, 4.69) is 5.32 Å². The topological polar surface area (TPSA) is 25.2 Å². The fraction of sp³-hybridized carbons (Fsp3) is 0.600. The molecule has 1 N–H and O–H groups in total. The lowest BCUT2D eigenvalue weighted by Gasteiger charge is -2.35. The van der Waals surface area contributed by atoms with Crippen molar-refractivity contribution in [3.8, 4) is 0 Å². The molecule has 0 bridgehead atoms. The lowest BCUT2D eigenvalue weighted by molar-refractivity contribution is -0.0932. The molecular formula is C10H13F2NO. The van der Waals surface area contributed by atoms with Gasteiger partial charge in [0.05, 0.1) is 12.8 Å². The Morgan fingerprint density at radius 3 is 2.79 bits per heavy atom. The van der Waals surface area contributed by atoms with Gasteiger partial charge < -0.3 is 9.73 Å². The summed E-state index contributed by atoms with van der Waals surface area (Å²) in [5.41, 5.74) is 1.06. The number of nitrogens with one attached hydrogen (secondary N) is 1. The Balaban J connectivity index is 1.77. The lowest BCUT2D eigenvalue weighted by atomic mass is 9.88. The third kappa shape index (κ3) is 1.95. The van der Waals surface area contributed by atoms with Gasteiger partial charge in [0.2, 0.25) is 0 Å². The molecule has 1 aliphatic carbocycles. The average molecular weight is 201 g/mol. The van der Waals surface area contributed by atoms with Crippen LogP contribution >= 0.6 is 0 Å². The zero-order valence-electron chi connectivity index (χ0n) is 8.02. The van der Waals surface area contributed by atoms with E-state index in [0.717, 1.165) is 11.3 Å². The number of hydrogen-bond acceptors (Lipinski definition) is 2. The highest BCUT2D eigenvalue weighted by molar-refractivity contribution is 5.14. The van der Waals surface area contributed by atoms with Gasteiger partial charge in [0, 0.05) is 18.9 Å². The number of aryl methyl sites for hydroxylation is 1. The Kier molecular flexibility index (Phi) is 2.31. The zero-order chi connectivity index (χ0) is 10.2. The summed E-state index contributed by atoms with van der Waals surface area (Å²) in [5, 5.41) is 3.04. The molecular weight excluding hydrogens is 188 g/mol. The molecule has 0 amide bonds. The Hall–Kier alpha value is -0.900. The molecule has 0 unspecified atom stereocenters. The van der Waals surface area contributed by atoms with Crippen LogP contribution in [0.1, 0.15) is 24.2 Å². The highest BCUT2D eigenvalue weighted by atomic mass is 19.3. The predicted molar refractivity (Wildman–Crippen MR) is 48.3 cm³/mol. The van der Waals surface area contributed by atoms with Crippen molar-refractivity contribution >= 4 is 0 Å². The van der Waals surface area contributed by atoms with Gasteiger partial charge in [-0.25, -0.2) is 8.78 Å². The summed E-state index contributed by atoms with van der Waals surface area (Å²) in [4.78, 5) is 0. The fourth-order valence-electron chi connectivity index (χ4n) is 1.63. The van der Waals surface area contributed by atoms with Gasteiger partial charge in [0.15, 0.2) is 0 Å². The molecule has 14 heavy (non-hydrogen) atoms. The summed E-state index contributed by atoms with van der Waals surface area (Å²) in [6.07, 6.45) is 1.52. The molecule has 1 saturated carbocycles. The van der Waals surface area contributed by atoms with E-state index in [1.807, 2.05) is 13.0 Å². The summed E-state index contributed by atoms with van der Waals surface area (Å²) in [6, 6.07) is 1.81. The van der Waals surface area contributed by atoms with Crippen LogP contribution in [0.3, 0.4) is 0 Å². The third-order valence-electron chi connectivity index (χ3n) is 2.61. The van der Waals surface area contributed by atoms with E-state index >= 15 is 0 Å². The monoisotopic (exact) mass is 201 g/mol. The first kappa shape index (κ1) is 9.65. The van der Waals surface area contributed by atoms with Crippen LogP contribution in [0, 0.1) is 6.92 Å². The van der Waals surface area contributed by atoms with Crippen molar-refractivity contribution in [2.75, 3.05) is 0 Å². The summed E-state index contributed by atoms with van der Waals surface area (Å²) in [6.45, 7) is 2.48. The molecule has 0 radical (unpaired) electrons. The van der Waals surface area contributed by atoms with Gasteiger partial charge in [-0.3, -0.25) is 0 Å². The van der Waals surface area contributed by atoms with Crippen molar-refractivity contribution < 1.29 is 13.2 Å². The molecule has 78 valence electrons. The van der Waals surface area contributed by atoms with Crippen LogP contribution in [0.15, 0.2) is 16.7 Å². The highest BCUT2D eigenvalue weighted by Gasteiger charge is 2.44. The first-order valence-electron chi connectivity index (χ1n) is 4.71. The summed E-state index contributed by atoms with van der Waals surface area (Å²) < 4.78 is 30.1. The quantitative estimate of drug-likeness (QED) is 0.812. The van der Waals surface area contributed by atoms with Crippen LogP contribution in [-0.2, 0) is 6.54 Å². The average Bonchev–Trinajstić information content (AvgIpc) is 2.44. The van der Waals surface area contributed by atoms with E-state index in [1.54, 1.807) is 6.26 Å². The molecule has 1 aromatic heterocycles. The Morgan fingerprint density at radius 2 is 2.29 bits per heavy atom. The second kappa shape index (κ2) is 3.35. The van der Waals surface area contributed by atoms with Gasteiger partial charge in [-0.1, -0.05) is 0 Å². The van der Waals surface area contributed by atoms with E-state index in [0.29, 0.717) is 6.54 Å². The van der Waals surface area contributed by atoms with Crippen molar-refractivity contribution in [1.82, 2.24) is 5.32 Å². The van der Waals surface area contributed by atoms with Crippen molar-refractivity contribution in [3.05, 3.63) is 23.7 Å². The van der Waals surface area contributed by atoms with E-state index in [4.69, 9.17) is 4.42 Å². The molecule has 0 saturated heterocycles. The first-order chi connectivity index (χ1) is 6.57. The molecule has 0 aliphatic heterocycles. The molecule has 0 aromatic carbocycles. The maximum absolute atomic E-state index is 12.5. The molecule has 2 rings (SSSR count). The summed E-state index contributed by atoms with van der Waals surface area (Å²) >= 11 is 0. The van der Waals surface area contributed by atoms with E-state index in [-0.39, 0.29) is 18.9 Å². The predicted octanol–water partition coefficient (Wildman–Crippen LogP) is 2.48. The van der Waals surface area contributed by atoms with Crippen LogP contribution in [0.5, 0.6) is 0 Å². The number of rotatable bonds is 3. The normalized spacial score (nSPS) is 20.8. The second-order valence-electron chi connectivity index (χ2n) is 3.87. The van der Waals surface area contributed by atoms with E-state index in [1.165, 1.54) is 0 Å². The molecule has 4 heteroatoms. The Morgan fingerprint density at radius 1 is 1.57 bits per heavy atom. The largest absolute Gasteiger partial charge is 0.468 e. The van der Waals surface area contributed by atoms with Crippen LogP contribution in [-0.4, -0.2) is 12.0 Å². The van der Waals surface area contributed by atoms with Gasteiger partial charge >= 0.3 is 0 Å². The molecule has 0 spiro atoms. The van der Waals surface area contributed by atoms with Crippen LogP contribution in [0.25, 0.3) is 0 Å². The van der Waals surface area contributed by atoms with Gasteiger partial charge in [0.1, 0.15) is 5.76 Å². The van der Waals surface area contributed by atoms with Gasteiger partial charge in [-0.05, 0) is 18.6 Å². The third-order valence-corrected chi connectivity index (χ3v) is 2.61. The second-order valence-corrected chi connectivity index (χ2v) is 3.87.